The molecule has 5 heteroatoms. The Labute approximate surface area is 178 Å². The molecular weight excluding hydrogens is 374 g/mol. The third-order valence-corrected chi connectivity index (χ3v) is 5.97. The predicted octanol–water partition coefficient (Wildman–Crippen LogP) is 3.54. The minimum Gasteiger partial charge on any atom is -0.379 e. The fraction of sp³-hybridized carbons (Fsp3) is 0.400. The highest BCUT2D eigenvalue weighted by molar-refractivity contribution is 5.86. The minimum atomic E-state index is 0.0385. The van der Waals surface area contributed by atoms with E-state index < -0.39 is 0 Å². The van der Waals surface area contributed by atoms with Crippen molar-refractivity contribution in [2.75, 3.05) is 39.4 Å². The van der Waals surface area contributed by atoms with E-state index in [9.17, 15) is 4.79 Å². The monoisotopic (exact) mass is 405 g/mol. The third-order valence-electron chi connectivity index (χ3n) is 5.97. The van der Waals surface area contributed by atoms with Crippen LogP contribution >= 0.6 is 0 Å². The van der Waals surface area contributed by atoms with Crippen molar-refractivity contribution in [3.63, 3.8) is 0 Å². The van der Waals surface area contributed by atoms with Gasteiger partial charge in [-0.05, 0) is 30.2 Å². The fourth-order valence-corrected chi connectivity index (χ4v) is 4.36. The fourth-order valence-electron chi connectivity index (χ4n) is 4.36. The number of aryl methyl sites for hydroxylation is 1. The van der Waals surface area contributed by atoms with E-state index in [1.807, 2.05) is 18.2 Å². The van der Waals surface area contributed by atoms with Gasteiger partial charge in [0.25, 0.3) is 0 Å². The molecule has 0 saturated carbocycles. The van der Waals surface area contributed by atoms with Crippen LogP contribution in [0.25, 0.3) is 10.9 Å². The molecule has 0 radical (unpaired) electrons. The number of morpholine rings is 1. The zero-order chi connectivity index (χ0) is 20.8. The van der Waals surface area contributed by atoms with Crippen LogP contribution in [-0.2, 0) is 16.6 Å². The lowest BCUT2D eigenvalue weighted by atomic mass is 9.88. The number of fused-ring (bicyclic) bond motifs is 1. The van der Waals surface area contributed by atoms with Crippen molar-refractivity contribution in [3.8, 4) is 0 Å². The van der Waals surface area contributed by atoms with Gasteiger partial charge in [-0.3, -0.25) is 9.69 Å². The summed E-state index contributed by atoms with van der Waals surface area (Å²) in [6, 6.07) is 18.8. The molecule has 0 spiro atoms. The van der Waals surface area contributed by atoms with Crippen LogP contribution in [0, 0.1) is 0 Å². The van der Waals surface area contributed by atoms with Crippen molar-refractivity contribution in [1.82, 2.24) is 14.8 Å². The number of hydrogen-bond donors (Lipinski definition) is 1. The summed E-state index contributed by atoms with van der Waals surface area (Å²) in [6.45, 7) is 5.34. The van der Waals surface area contributed by atoms with Gasteiger partial charge in [-0.2, -0.15) is 0 Å². The molecule has 0 aliphatic carbocycles. The second-order valence-corrected chi connectivity index (χ2v) is 8.04. The second-order valence-electron chi connectivity index (χ2n) is 8.04. The first-order chi connectivity index (χ1) is 14.7. The summed E-state index contributed by atoms with van der Waals surface area (Å²) in [6.07, 6.45) is 3.60. The Morgan fingerprint density at radius 3 is 2.60 bits per heavy atom. The molecule has 0 bridgehead atoms. The molecule has 30 heavy (non-hydrogen) atoms. The Kier molecular flexibility index (Phi) is 6.82. The molecule has 4 rings (SSSR count). The molecule has 5 nitrogen and oxygen atoms in total. The van der Waals surface area contributed by atoms with Gasteiger partial charge in [-0.15, -0.1) is 0 Å². The van der Waals surface area contributed by atoms with Gasteiger partial charge in [-0.1, -0.05) is 48.5 Å². The zero-order valence-corrected chi connectivity index (χ0v) is 17.7. The smallest absolute Gasteiger partial charge is 0.220 e. The molecule has 1 aliphatic heterocycles. The normalized spacial score (nSPS) is 15.9. The van der Waals surface area contributed by atoms with Crippen LogP contribution in [0.15, 0.2) is 60.8 Å². The first kappa shape index (κ1) is 20.6. The SMILES string of the molecule is Cn1cc(C(CC(=O)NCCCN2CCOCC2)c2ccccc2)c2ccccc21. The number of carbonyl (C=O) groups excluding carboxylic acids is 1. The number of amides is 1. The summed E-state index contributed by atoms with van der Waals surface area (Å²) >= 11 is 0. The summed E-state index contributed by atoms with van der Waals surface area (Å²) in [4.78, 5) is 15.2. The number of rotatable bonds is 8. The summed E-state index contributed by atoms with van der Waals surface area (Å²) in [5.74, 6) is 0.148. The van der Waals surface area contributed by atoms with E-state index in [4.69, 9.17) is 4.74 Å². The number of para-hydroxylation sites is 1. The largest absolute Gasteiger partial charge is 0.379 e. The van der Waals surface area contributed by atoms with E-state index in [0.717, 1.165) is 39.3 Å². The molecule has 158 valence electrons. The molecule has 1 unspecified atom stereocenters. The maximum atomic E-state index is 12.8. The molecule has 1 fully saturated rings. The van der Waals surface area contributed by atoms with Gasteiger partial charge in [0.1, 0.15) is 0 Å². The summed E-state index contributed by atoms with van der Waals surface area (Å²) in [7, 11) is 2.07. The van der Waals surface area contributed by atoms with Crippen molar-refractivity contribution in [2.24, 2.45) is 7.05 Å². The van der Waals surface area contributed by atoms with Gasteiger partial charge in [0.15, 0.2) is 0 Å². The van der Waals surface area contributed by atoms with Crippen molar-refractivity contribution in [3.05, 3.63) is 71.9 Å². The number of aromatic nitrogens is 1. The molecule has 2 heterocycles. The van der Waals surface area contributed by atoms with Crippen molar-refractivity contribution >= 4 is 16.8 Å². The molecule has 1 saturated heterocycles. The molecule has 1 atom stereocenters. The number of hydrogen-bond acceptors (Lipinski definition) is 3. The maximum absolute atomic E-state index is 12.8. The van der Waals surface area contributed by atoms with Gasteiger partial charge < -0.3 is 14.6 Å². The van der Waals surface area contributed by atoms with Crippen LogP contribution in [0.2, 0.25) is 0 Å². The Hall–Kier alpha value is -2.63. The first-order valence-corrected chi connectivity index (χ1v) is 10.9. The number of ether oxygens (including phenoxy) is 1. The summed E-state index contributed by atoms with van der Waals surface area (Å²) in [5.41, 5.74) is 3.58. The lowest BCUT2D eigenvalue weighted by molar-refractivity contribution is -0.121. The van der Waals surface area contributed by atoms with Crippen LogP contribution in [0.5, 0.6) is 0 Å². The van der Waals surface area contributed by atoms with E-state index in [0.29, 0.717) is 13.0 Å². The highest BCUT2D eigenvalue weighted by atomic mass is 16.5. The molecule has 3 aromatic rings. The summed E-state index contributed by atoms with van der Waals surface area (Å²) < 4.78 is 7.54. The van der Waals surface area contributed by atoms with E-state index >= 15 is 0 Å². The predicted molar refractivity (Wildman–Crippen MR) is 121 cm³/mol. The van der Waals surface area contributed by atoms with E-state index in [1.165, 1.54) is 22.0 Å². The van der Waals surface area contributed by atoms with E-state index in [2.05, 4.69) is 64.4 Å². The number of carbonyl (C=O) groups is 1. The Bertz CT molecular complexity index is 961. The van der Waals surface area contributed by atoms with Crippen LogP contribution in [0.1, 0.15) is 29.9 Å². The van der Waals surface area contributed by atoms with Crippen molar-refractivity contribution in [2.45, 2.75) is 18.8 Å². The molecule has 1 amide bonds. The lowest BCUT2D eigenvalue weighted by Crippen LogP contribution is -2.38. The standard InChI is InChI=1S/C25H31N3O2/c1-27-19-23(21-10-5-6-11-24(21)27)22(20-8-3-2-4-9-20)18-25(29)26-12-7-13-28-14-16-30-17-15-28/h2-6,8-11,19,22H,7,12-18H2,1H3,(H,26,29). The molecule has 1 aliphatic rings. The molecular formula is C25H31N3O2. The van der Waals surface area contributed by atoms with Crippen LogP contribution < -0.4 is 5.32 Å². The van der Waals surface area contributed by atoms with Gasteiger partial charge >= 0.3 is 0 Å². The molecule has 1 N–H and O–H groups in total. The summed E-state index contributed by atoms with van der Waals surface area (Å²) in [5, 5.41) is 4.36. The number of nitrogens with one attached hydrogen (secondary N) is 1. The molecule has 1 aromatic heterocycles. The molecule has 2 aromatic carbocycles. The average Bonchev–Trinajstić information content (AvgIpc) is 3.13. The topological polar surface area (TPSA) is 46.5 Å². The van der Waals surface area contributed by atoms with Crippen LogP contribution in [0.4, 0.5) is 0 Å². The first-order valence-electron chi connectivity index (χ1n) is 10.9. The Morgan fingerprint density at radius 2 is 1.80 bits per heavy atom. The minimum absolute atomic E-state index is 0.0385. The van der Waals surface area contributed by atoms with Gasteiger partial charge in [0, 0.05) is 56.1 Å². The number of benzene rings is 2. The van der Waals surface area contributed by atoms with Gasteiger partial charge in [0.2, 0.25) is 5.91 Å². The van der Waals surface area contributed by atoms with Crippen LogP contribution in [0.3, 0.4) is 0 Å². The third kappa shape index (κ3) is 4.91. The average molecular weight is 406 g/mol. The highest BCUT2D eigenvalue weighted by Crippen LogP contribution is 2.34. The van der Waals surface area contributed by atoms with Gasteiger partial charge in [0.05, 0.1) is 13.2 Å². The van der Waals surface area contributed by atoms with Gasteiger partial charge in [-0.25, -0.2) is 0 Å². The van der Waals surface area contributed by atoms with Crippen LogP contribution in [-0.4, -0.2) is 54.8 Å². The van der Waals surface area contributed by atoms with Crippen molar-refractivity contribution in [1.29, 1.82) is 0 Å². The lowest BCUT2D eigenvalue weighted by Gasteiger charge is -2.26. The second kappa shape index (κ2) is 9.92. The van der Waals surface area contributed by atoms with Crippen molar-refractivity contribution < 1.29 is 9.53 Å². The Morgan fingerprint density at radius 1 is 1.07 bits per heavy atom. The van der Waals surface area contributed by atoms with E-state index in [1.54, 1.807) is 0 Å². The quantitative estimate of drug-likeness (QED) is 0.583. The maximum Gasteiger partial charge on any atom is 0.220 e. The number of nitrogens with zero attached hydrogens (tertiary/aromatic N) is 2. The Balaban J connectivity index is 1.43. The highest BCUT2D eigenvalue weighted by Gasteiger charge is 2.22. The van der Waals surface area contributed by atoms with E-state index in [-0.39, 0.29) is 11.8 Å². The zero-order valence-electron chi connectivity index (χ0n) is 17.7.